The second-order valence-electron chi connectivity index (χ2n) is 3.77. The Labute approximate surface area is 96.1 Å². The molecule has 16 heavy (non-hydrogen) atoms. The molecule has 0 aliphatic rings. The van der Waals surface area contributed by atoms with Crippen molar-refractivity contribution in [2.45, 2.75) is 32.6 Å². The molecule has 0 atom stereocenters. The summed E-state index contributed by atoms with van der Waals surface area (Å²) in [5.41, 5.74) is 0.603. The first-order valence-corrected chi connectivity index (χ1v) is 5.59. The molecule has 1 aromatic rings. The molecule has 88 valence electrons. The third kappa shape index (κ3) is 3.26. The van der Waals surface area contributed by atoms with Crippen molar-refractivity contribution >= 4 is 5.78 Å². The molecule has 0 aliphatic carbocycles. The summed E-state index contributed by atoms with van der Waals surface area (Å²) >= 11 is 0. The fourth-order valence-corrected chi connectivity index (χ4v) is 1.53. The molecule has 0 fully saturated rings. The number of hydrogen-bond acceptors (Lipinski definition) is 3. The van der Waals surface area contributed by atoms with Gasteiger partial charge in [0.15, 0.2) is 17.3 Å². The van der Waals surface area contributed by atoms with Crippen LogP contribution in [0.25, 0.3) is 0 Å². The van der Waals surface area contributed by atoms with E-state index in [9.17, 15) is 9.90 Å². The second kappa shape index (κ2) is 6.16. The summed E-state index contributed by atoms with van der Waals surface area (Å²) in [6.07, 6.45) is 3.65. The van der Waals surface area contributed by atoms with Crippen LogP contribution in [0.1, 0.15) is 43.0 Å². The molecular weight excluding hydrogens is 204 g/mol. The first kappa shape index (κ1) is 12.6. The van der Waals surface area contributed by atoms with Crippen molar-refractivity contribution in [1.29, 1.82) is 0 Å². The van der Waals surface area contributed by atoms with Gasteiger partial charge in [-0.2, -0.15) is 0 Å². The van der Waals surface area contributed by atoms with Crippen LogP contribution in [-0.2, 0) is 0 Å². The number of aromatic hydroxyl groups is 1. The average Bonchev–Trinajstić information content (AvgIpc) is 2.30. The van der Waals surface area contributed by atoms with Gasteiger partial charge < -0.3 is 9.84 Å². The number of carbonyl (C=O) groups excluding carboxylic acids is 1. The molecule has 0 saturated carbocycles. The fraction of sp³-hybridized carbons (Fsp3) is 0.462. The average molecular weight is 222 g/mol. The lowest BCUT2D eigenvalue weighted by Crippen LogP contribution is -1.99. The van der Waals surface area contributed by atoms with Crippen LogP contribution in [-0.4, -0.2) is 18.0 Å². The number of hydrogen-bond donors (Lipinski definition) is 1. The molecule has 0 saturated heterocycles. The molecule has 0 amide bonds. The Bertz CT molecular complexity index is 358. The lowest BCUT2D eigenvalue weighted by molar-refractivity contribution is 0.0979. The van der Waals surface area contributed by atoms with Gasteiger partial charge in [-0.05, 0) is 24.6 Å². The van der Waals surface area contributed by atoms with E-state index in [1.807, 2.05) is 0 Å². The maximum Gasteiger partial charge on any atom is 0.163 e. The van der Waals surface area contributed by atoms with Crippen LogP contribution >= 0.6 is 0 Å². The van der Waals surface area contributed by atoms with Gasteiger partial charge in [-0.3, -0.25) is 4.79 Å². The molecule has 1 rings (SSSR count). The van der Waals surface area contributed by atoms with Crippen molar-refractivity contribution in [1.82, 2.24) is 0 Å². The van der Waals surface area contributed by atoms with Crippen molar-refractivity contribution in [2.24, 2.45) is 0 Å². The van der Waals surface area contributed by atoms with E-state index < -0.39 is 0 Å². The van der Waals surface area contributed by atoms with Crippen molar-refractivity contribution in [3.63, 3.8) is 0 Å². The predicted molar refractivity (Wildman–Crippen MR) is 63.1 cm³/mol. The Morgan fingerprint density at radius 1 is 1.38 bits per heavy atom. The van der Waals surface area contributed by atoms with Crippen LogP contribution in [0, 0.1) is 0 Å². The van der Waals surface area contributed by atoms with Crippen molar-refractivity contribution < 1.29 is 14.6 Å². The molecule has 1 aromatic carbocycles. The number of phenolic OH excluding ortho intramolecular Hbond substituents is 1. The van der Waals surface area contributed by atoms with Gasteiger partial charge in [0.1, 0.15) is 0 Å². The molecule has 0 spiro atoms. The molecule has 0 unspecified atom stereocenters. The number of rotatable bonds is 6. The Morgan fingerprint density at radius 2 is 2.12 bits per heavy atom. The minimum atomic E-state index is 0.0626. The fourth-order valence-electron chi connectivity index (χ4n) is 1.53. The first-order valence-electron chi connectivity index (χ1n) is 5.59. The summed E-state index contributed by atoms with van der Waals surface area (Å²) in [5.74, 6) is 0.515. The van der Waals surface area contributed by atoms with Gasteiger partial charge in [0.25, 0.3) is 0 Å². The van der Waals surface area contributed by atoms with E-state index in [0.29, 0.717) is 17.7 Å². The molecule has 0 aliphatic heterocycles. The molecule has 0 radical (unpaired) electrons. The monoisotopic (exact) mass is 222 g/mol. The molecule has 3 nitrogen and oxygen atoms in total. The maximum absolute atomic E-state index is 11.8. The van der Waals surface area contributed by atoms with Crippen LogP contribution in [0.3, 0.4) is 0 Å². The van der Waals surface area contributed by atoms with E-state index in [2.05, 4.69) is 6.92 Å². The number of ether oxygens (including phenoxy) is 1. The molecular formula is C13H18O3. The van der Waals surface area contributed by atoms with Crippen molar-refractivity contribution in [3.05, 3.63) is 23.8 Å². The Hall–Kier alpha value is -1.51. The number of ketones is 1. The van der Waals surface area contributed by atoms with E-state index in [1.165, 1.54) is 13.2 Å². The number of carbonyl (C=O) groups is 1. The van der Waals surface area contributed by atoms with Gasteiger partial charge in [-0.15, -0.1) is 0 Å². The Kier molecular flexibility index (Phi) is 4.83. The first-order chi connectivity index (χ1) is 7.69. The van der Waals surface area contributed by atoms with E-state index in [4.69, 9.17) is 4.74 Å². The van der Waals surface area contributed by atoms with Gasteiger partial charge >= 0.3 is 0 Å². The third-order valence-electron chi connectivity index (χ3n) is 2.51. The van der Waals surface area contributed by atoms with Crippen LogP contribution in [0.4, 0.5) is 0 Å². The lowest BCUT2D eigenvalue weighted by Gasteiger charge is -2.05. The summed E-state index contributed by atoms with van der Waals surface area (Å²) in [6, 6.07) is 4.71. The van der Waals surface area contributed by atoms with Gasteiger partial charge in [-0.1, -0.05) is 19.8 Å². The molecule has 3 heteroatoms. The van der Waals surface area contributed by atoms with Crippen LogP contribution in [0.15, 0.2) is 18.2 Å². The molecule has 0 bridgehead atoms. The highest BCUT2D eigenvalue weighted by Gasteiger charge is 2.09. The summed E-state index contributed by atoms with van der Waals surface area (Å²) < 4.78 is 4.96. The maximum atomic E-state index is 11.8. The molecule has 0 heterocycles. The van der Waals surface area contributed by atoms with Crippen LogP contribution in [0.5, 0.6) is 11.5 Å². The zero-order valence-corrected chi connectivity index (χ0v) is 9.82. The van der Waals surface area contributed by atoms with Crippen molar-refractivity contribution in [3.8, 4) is 11.5 Å². The number of Topliss-reactive ketones (excluding diaryl/α,β-unsaturated/α-hetero) is 1. The number of phenols is 1. The van der Waals surface area contributed by atoms with Gasteiger partial charge in [-0.25, -0.2) is 0 Å². The highest BCUT2D eigenvalue weighted by atomic mass is 16.5. The third-order valence-corrected chi connectivity index (χ3v) is 2.51. The second-order valence-corrected chi connectivity index (χ2v) is 3.77. The van der Waals surface area contributed by atoms with E-state index in [0.717, 1.165) is 19.3 Å². The predicted octanol–water partition coefficient (Wildman–Crippen LogP) is 3.16. The highest BCUT2D eigenvalue weighted by Crippen LogP contribution is 2.26. The Morgan fingerprint density at radius 3 is 2.75 bits per heavy atom. The van der Waals surface area contributed by atoms with Gasteiger partial charge in [0.05, 0.1) is 7.11 Å². The van der Waals surface area contributed by atoms with E-state index in [1.54, 1.807) is 12.1 Å². The SMILES string of the molecule is CCCCCC(=O)c1ccc(O)c(OC)c1. The van der Waals surface area contributed by atoms with Gasteiger partial charge in [0, 0.05) is 12.0 Å². The molecule has 0 aromatic heterocycles. The van der Waals surface area contributed by atoms with E-state index in [-0.39, 0.29) is 11.5 Å². The summed E-state index contributed by atoms with van der Waals surface area (Å²) in [4.78, 5) is 11.8. The van der Waals surface area contributed by atoms with Crippen LogP contribution < -0.4 is 4.74 Å². The zero-order chi connectivity index (χ0) is 12.0. The largest absolute Gasteiger partial charge is 0.504 e. The summed E-state index contributed by atoms with van der Waals surface area (Å²) in [7, 11) is 1.47. The van der Waals surface area contributed by atoms with Crippen molar-refractivity contribution in [2.75, 3.05) is 7.11 Å². The lowest BCUT2D eigenvalue weighted by atomic mass is 10.0. The van der Waals surface area contributed by atoms with E-state index >= 15 is 0 Å². The smallest absolute Gasteiger partial charge is 0.163 e. The number of unbranched alkanes of at least 4 members (excludes halogenated alkanes) is 2. The topological polar surface area (TPSA) is 46.5 Å². The highest BCUT2D eigenvalue weighted by molar-refractivity contribution is 5.96. The number of benzene rings is 1. The minimum absolute atomic E-state index is 0.0626. The minimum Gasteiger partial charge on any atom is -0.504 e. The zero-order valence-electron chi connectivity index (χ0n) is 9.82. The summed E-state index contributed by atoms with van der Waals surface area (Å²) in [6.45, 7) is 2.11. The number of methoxy groups -OCH3 is 1. The van der Waals surface area contributed by atoms with Crippen LogP contribution in [0.2, 0.25) is 0 Å². The normalized spacial score (nSPS) is 10.1. The standard InChI is InChI=1S/C13H18O3/c1-3-4-5-6-11(14)10-7-8-12(15)13(9-10)16-2/h7-9,15H,3-6H2,1-2H3. The van der Waals surface area contributed by atoms with Gasteiger partial charge in [0.2, 0.25) is 0 Å². The quantitative estimate of drug-likeness (QED) is 0.594. The Balaban J connectivity index is 2.68. The summed E-state index contributed by atoms with van der Waals surface area (Å²) in [5, 5.41) is 9.39. The molecule has 1 N–H and O–H groups in total.